The van der Waals surface area contributed by atoms with Gasteiger partial charge in [0.2, 0.25) is 0 Å². The zero-order valence-electron chi connectivity index (χ0n) is 13.5. The van der Waals surface area contributed by atoms with E-state index in [2.05, 4.69) is 48.5 Å². The molecule has 3 aromatic rings. The summed E-state index contributed by atoms with van der Waals surface area (Å²) in [6.45, 7) is 3.37. The van der Waals surface area contributed by atoms with Crippen molar-refractivity contribution in [3.8, 4) is 16.9 Å². The van der Waals surface area contributed by atoms with Crippen LogP contribution in [0.25, 0.3) is 11.1 Å². The van der Waals surface area contributed by atoms with E-state index in [-0.39, 0.29) is 5.91 Å². The van der Waals surface area contributed by atoms with Gasteiger partial charge in [0.05, 0.1) is 0 Å². The van der Waals surface area contributed by atoms with E-state index in [1.54, 1.807) is 11.8 Å². The Morgan fingerprint density at radius 3 is 2.00 bits per heavy atom. The second kappa shape index (κ2) is 8.22. The highest BCUT2D eigenvalue weighted by atomic mass is 32.2. The number of amides is 1. The van der Waals surface area contributed by atoms with Gasteiger partial charge in [0.15, 0.2) is 5.75 Å². The number of nitrogens with one attached hydrogen (secondary N) is 1. The van der Waals surface area contributed by atoms with Gasteiger partial charge in [-0.25, -0.2) is 0 Å². The minimum atomic E-state index is -0.379. The van der Waals surface area contributed by atoms with E-state index in [4.69, 9.17) is 4.84 Å². The fourth-order valence-electron chi connectivity index (χ4n) is 2.21. The molecule has 0 saturated carbocycles. The highest BCUT2D eigenvalue weighted by Gasteiger charge is 2.02. The fourth-order valence-corrected chi connectivity index (χ4v) is 3.04. The normalized spacial score (nSPS) is 10.1. The summed E-state index contributed by atoms with van der Waals surface area (Å²) in [7, 11) is 0. The van der Waals surface area contributed by atoms with Gasteiger partial charge in [0.25, 0.3) is 5.91 Å². The molecule has 3 nitrogen and oxygen atoms in total. The van der Waals surface area contributed by atoms with Crippen LogP contribution in [0.2, 0.25) is 0 Å². The average Bonchev–Trinajstić information content (AvgIpc) is 2.68. The molecule has 3 aromatic carbocycles. The minimum Gasteiger partial charge on any atom is -0.379 e. The lowest BCUT2D eigenvalue weighted by Crippen LogP contribution is -2.24. The van der Waals surface area contributed by atoms with E-state index < -0.39 is 0 Å². The van der Waals surface area contributed by atoms with Crippen molar-refractivity contribution >= 4 is 17.7 Å². The fraction of sp³-hybridized carbons (Fsp3) is 0. The SMILES string of the molecule is C=CC(=O)NOc1ccc(-c2ccc(Sc3ccccc3)cc2)cc1. The van der Waals surface area contributed by atoms with Crippen molar-refractivity contribution in [2.45, 2.75) is 9.79 Å². The standard InChI is InChI=1S/C21H17NO2S/c1-2-21(23)22-24-18-12-8-16(9-13-18)17-10-14-20(15-11-17)25-19-6-4-3-5-7-19/h2-15H,1H2,(H,22,23). The van der Waals surface area contributed by atoms with Crippen LogP contribution in [0, 0.1) is 0 Å². The Labute approximate surface area is 151 Å². The zero-order chi connectivity index (χ0) is 17.5. The van der Waals surface area contributed by atoms with Crippen LogP contribution in [-0.4, -0.2) is 5.91 Å². The average molecular weight is 347 g/mol. The topological polar surface area (TPSA) is 38.3 Å². The third-order valence-corrected chi connectivity index (χ3v) is 4.49. The van der Waals surface area contributed by atoms with Gasteiger partial charge in [-0.2, -0.15) is 5.48 Å². The summed E-state index contributed by atoms with van der Waals surface area (Å²) in [4.78, 5) is 18.7. The molecule has 25 heavy (non-hydrogen) atoms. The number of carbonyl (C=O) groups excluding carboxylic acids is 1. The first-order chi connectivity index (χ1) is 12.2. The monoisotopic (exact) mass is 347 g/mol. The lowest BCUT2D eigenvalue weighted by molar-refractivity contribution is -0.122. The third-order valence-electron chi connectivity index (χ3n) is 3.48. The molecular formula is C21H17NO2S. The van der Waals surface area contributed by atoms with Crippen molar-refractivity contribution in [2.24, 2.45) is 0 Å². The van der Waals surface area contributed by atoms with Crippen molar-refractivity contribution in [2.75, 3.05) is 0 Å². The lowest BCUT2D eigenvalue weighted by atomic mass is 10.1. The van der Waals surface area contributed by atoms with Crippen LogP contribution in [0.1, 0.15) is 0 Å². The van der Waals surface area contributed by atoms with Crippen molar-refractivity contribution in [1.29, 1.82) is 0 Å². The van der Waals surface area contributed by atoms with Gasteiger partial charge in [-0.1, -0.05) is 60.8 Å². The number of hydroxylamine groups is 1. The molecule has 0 spiro atoms. The number of benzene rings is 3. The van der Waals surface area contributed by atoms with Gasteiger partial charge in [-0.05, 0) is 53.6 Å². The number of rotatable bonds is 6. The highest BCUT2D eigenvalue weighted by molar-refractivity contribution is 7.99. The third kappa shape index (κ3) is 4.75. The van der Waals surface area contributed by atoms with Crippen molar-refractivity contribution in [3.05, 3.63) is 91.5 Å². The maximum absolute atomic E-state index is 11.1. The summed E-state index contributed by atoms with van der Waals surface area (Å²) in [5.74, 6) is 0.186. The molecule has 0 radical (unpaired) electrons. The van der Waals surface area contributed by atoms with Crippen LogP contribution in [0.3, 0.4) is 0 Å². The van der Waals surface area contributed by atoms with E-state index in [9.17, 15) is 4.79 Å². The molecule has 124 valence electrons. The molecule has 0 atom stereocenters. The molecule has 0 aliphatic heterocycles. The van der Waals surface area contributed by atoms with Gasteiger partial charge in [0, 0.05) is 9.79 Å². The minimum absolute atomic E-state index is 0.379. The second-order valence-electron chi connectivity index (χ2n) is 5.24. The van der Waals surface area contributed by atoms with Crippen LogP contribution in [0.4, 0.5) is 0 Å². The maximum atomic E-state index is 11.1. The first-order valence-electron chi connectivity index (χ1n) is 7.77. The summed E-state index contributed by atoms with van der Waals surface area (Å²) < 4.78 is 0. The molecule has 1 amide bonds. The molecule has 1 N–H and O–H groups in total. The lowest BCUT2D eigenvalue weighted by Gasteiger charge is -2.07. The summed E-state index contributed by atoms with van der Waals surface area (Å²) >= 11 is 1.74. The Balaban J connectivity index is 1.65. The largest absolute Gasteiger partial charge is 0.379 e. The predicted octanol–water partition coefficient (Wildman–Crippen LogP) is 5.10. The Hall–Kier alpha value is -2.98. The summed E-state index contributed by atoms with van der Waals surface area (Å²) in [5, 5.41) is 0. The van der Waals surface area contributed by atoms with E-state index in [0.717, 1.165) is 17.2 Å². The molecule has 0 bridgehead atoms. The van der Waals surface area contributed by atoms with Gasteiger partial charge >= 0.3 is 0 Å². The van der Waals surface area contributed by atoms with E-state index in [0.29, 0.717) is 5.75 Å². The first kappa shape index (κ1) is 16.9. The first-order valence-corrected chi connectivity index (χ1v) is 8.59. The Morgan fingerprint density at radius 1 is 0.840 bits per heavy atom. The molecule has 4 heteroatoms. The summed E-state index contributed by atoms with van der Waals surface area (Å²) in [6, 6.07) is 26.2. The smallest absolute Gasteiger partial charge is 0.276 e. The molecule has 0 aliphatic carbocycles. The van der Waals surface area contributed by atoms with Gasteiger partial charge in [0.1, 0.15) is 0 Å². The molecule has 0 saturated heterocycles. The summed E-state index contributed by atoms with van der Waals surface area (Å²) in [5.41, 5.74) is 4.48. The number of hydrogen-bond acceptors (Lipinski definition) is 3. The molecule has 3 rings (SSSR count). The van der Waals surface area contributed by atoms with Crippen molar-refractivity contribution < 1.29 is 9.63 Å². The highest BCUT2D eigenvalue weighted by Crippen LogP contribution is 2.30. The van der Waals surface area contributed by atoms with Gasteiger partial charge in [-0.3, -0.25) is 4.79 Å². The molecule has 0 aliphatic rings. The van der Waals surface area contributed by atoms with Crippen molar-refractivity contribution in [3.63, 3.8) is 0 Å². The Morgan fingerprint density at radius 2 is 1.40 bits per heavy atom. The zero-order valence-corrected chi connectivity index (χ0v) is 14.3. The van der Waals surface area contributed by atoms with E-state index in [1.807, 2.05) is 42.5 Å². The second-order valence-corrected chi connectivity index (χ2v) is 6.38. The number of carbonyl (C=O) groups is 1. The predicted molar refractivity (Wildman–Crippen MR) is 101 cm³/mol. The molecular weight excluding hydrogens is 330 g/mol. The van der Waals surface area contributed by atoms with Crippen LogP contribution >= 0.6 is 11.8 Å². The van der Waals surface area contributed by atoms with Crippen LogP contribution in [-0.2, 0) is 4.79 Å². The van der Waals surface area contributed by atoms with Gasteiger partial charge in [-0.15, -0.1) is 0 Å². The van der Waals surface area contributed by atoms with Crippen molar-refractivity contribution in [1.82, 2.24) is 5.48 Å². The molecule has 0 unspecified atom stereocenters. The Kier molecular flexibility index (Phi) is 5.54. The molecule has 0 fully saturated rings. The van der Waals surface area contributed by atoms with E-state index >= 15 is 0 Å². The van der Waals surface area contributed by atoms with Crippen LogP contribution in [0.5, 0.6) is 5.75 Å². The van der Waals surface area contributed by atoms with Crippen LogP contribution < -0.4 is 10.3 Å². The summed E-state index contributed by atoms with van der Waals surface area (Å²) in [6.07, 6.45) is 1.16. The van der Waals surface area contributed by atoms with Gasteiger partial charge < -0.3 is 4.84 Å². The maximum Gasteiger partial charge on any atom is 0.276 e. The van der Waals surface area contributed by atoms with E-state index in [1.165, 1.54) is 9.79 Å². The quantitative estimate of drug-likeness (QED) is 0.498. The van der Waals surface area contributed by atoms with Crippen LogP contribution in [0.15, 0.2) is 101 Å². The number of hydrogen-bond donors (Lipinski definition) is 1. The molecule has 0 heterocycles. The molecule has 0 aromatic heterocycles. The Bertz CT molecular complexity index is 843.